The largest absolute Gasteiger partial charge is 0.377 e. The maximum atomic E-state index is 5.77. The average molecular weight is 256 g/mol. The summed E-state index contributed by atoms with van der Waals surface area (Å²) < 4.78 is 11.4. The highest BCUT2D eigenvalue weighted by Gasteiger charge is 2.25. The first kappa shape index (κ1) is 14.3. The lowest BCUT2D eigenvalue weighted by atomic mass is 10.1. The van der Waals surface area contributed by atoms with Crippen LogP contribution in [0.3, 0.4) is 0 Å². The van der Waals surface area contributed by atoms with Gasteiger partial charge in [-0.05, 0) is 33.6 Å². The standard InChI is InChI=1S/C14H28N2O2/c1-11(7-15-8-14-5-4-6-17-14)16-9-12(2)18-13(3)10-16/h11-15H,4-10H2,1-3H3. The number of morpholine rings is 1. The molecule has 4 atom stereocenters. The molecule has 106 valence electrons. The zero-order valence-corrected chi connectivity index (χ0v) is 12.0. The van der Waals surface area contributed by atoms with Crippen molar-refractivity contribution in [2.75, 3.05) is 32.8 Å². The van der Waals surface area contributed by atoms with Crippen molar-refractivity contribution < 1.29 is 9.47 Å². The molecule has 2 rings (SSSR count). The molecule has 0 saturated carbocycles. The first-order chi connectivity index (χ1) is 8.65. The molecule has 4 unspecified atom stereocenters. The SMILES string of the molecule is CC1CN(C(C)CNCC2CCCO2)CC(C)O1. The Hall–Kier alpha value is -0.160. The van der Waals surface area contributed by atoms with E-state index < -0.39 is 0 Å². The lowest BCUT2D eigenvalue weighted by molar-refractivity contribution is -0.0782. The summed E-state index contributed by atoms with van der Waals surface area (Å²) in [6.45, 7) is 11.7. The Morgan fingerprint density at radius 3 is 2.61 bits per heavy atom. The Morgan fingerprint density at radius 1 is 1.28 bits per heavy atom. The molecule has 0 radical (unpaired) electrons. The number of nitrogens with one attached hydrogen (secondary N) is 1. The fraction of sp³-hybridized carbons (Fsp3) is 1.00. The molecular weight excluding hydrogens is 228 g/mol. The second-order valence-electron chi connectivity index (χ2n) is 5.85. The van der Waals surface area contributed by atoms with Crippen LogP contribution in [0.4, 0.5) is 0 Å². The summed E-state index contributed by atoms with van der Waals surface area (Å²) >= 11 is 0. The second kappa shape index (κ2) is 6.85. The normalized spacial score (nSPS) is 35.8. The third-order valence-electron chi connectivity index (χ3n) is 3.91. The molecule has 0 aromatic heterocycles. The van der Waals surface area contributed by atoms with E-state index in [1.807, 2.05) is 0 Å². The molecule has 2 fully saturated rings. The summed E-state index contributed by atoms with van der Waals surface area (Å²) in [5.41, 5.74) is 0. The van der Waals surface area contributed by atoms with E-state index in [9.17, 15) is 0 Å². The molecule has 4 heteroatoms. The van der Waals surface area contributed by atoms with Crippen molar-refractivity contribution in [3.05, 3.63) is 0 Å². The van der Waals surface area contributed by atoms with Crippen LogP contribution in [0.2, 0.25) is 0 Å². The van der Waals surface area contributed by atoms with Crippen molar-refractivity contribution in [2.24, 2.45) is 0 Å². The molecular formula is C14H28N2O2. The lowest BCUT2D eigenvalue weighted by Crippen LogP contribution is -2.52. The molecule has 0 bridgehead atoms. The van der Waals surface area contributed by atoms with Crippen LogP contribution < -0.4 is 5.32 Å². The van der Waals surface area contributed by atoms with E-state index in [0.29, 0.717) is 24.4 Å². The van der Waals surface area contributed by atoms with Gasteiger partial charge in [-0.3, -0.25) is 4.90 Å². The average Bonchev–Trinajstić information content (AvgIpc) is 2.80. The van der Waals surface area contributed by atoms with Gasteiger partial charge in [-0.25, -0.2) is 0 Å². The fourth-order valence-corrected chi connectivity index (χ4v) is 2.97. The van der Waals surface area contributed by atoms with Gasteiger partial charge in [0, 0.05) is 38.8 Å². The molecule has 0 spiro atoms. The van der Waals surface area contributed by atoms with Crippen LogP contribution in [0, 0.1) is 0 Å². The van der Waals surface area contributed by atoms with Crippen molar-refractivity contribution in [3.63, 3.8) is 0 Å². The molecule has 0 aliphatic carbocycles. The van der Waals surface area contributed by atoms with Crippen LogP contribution in [0.15, 0.2) is 0 Å². The van der Waals surface area contributed by atoms with Crippen molar-refractivity contribution in [1.82, 2.24) is 10.2 Å². The maximum absolute atomic E-state index is 5.77. The van der Waals surface area contributed by atoms with Gasteiger partial charge in [0.25, 0.3) is 0 Å². The van der Waals surface area contributed by atoms with Gasteiger partial charge in [0.15, 0.2) is 0 Å². The van der Waals surface area contributed by atoms with E-state index in [1.165, 1.54) is 12.8 Å². The second-order valence-corrected chi connectivity index (χ2v) is 5.85. The van der Waals surface area contributed by atoms with Crippen molar-refractivity contribution in [1.29, 1.82) is 0 Å². The molecule has 1 N–H and O–H groups in total. The fourth-order valence-electron chi connectivity index (χ4n) is 2.97. The molecule has 18 heavy (non-hydrogen) atoms. The maximum Gasteiger partial charge on any atom is 0.0700 e. The van der Waals surface area contributed by atoms with Gasteiger partial charge in [0.05, 0.1) is 18.3 Å². The molecule has 0 aromatic carbocycles. The number of hydrogen-bond acceptors (Lipinski definition) is 4. The molecule has 2 aliphatic heterocycles. The predicted molar refractivity (Wildman–Crippen MR) is 72.9 cm³/mol. The topological polar surface area (TPSA) is 33.7 Å². The third-order valence-corrected chi connectivity index (χ3v) is 3.91. The van der Waals surface area contributed by atoms with Gasteiger partial charge >= 0.3 is 0 Å². The Bertz CT molecular complexity index is 234. The monoisotopic (exact) mass is 256 g/mol. The number of hydrogen-bond donors (Lipinski definition) is 1. The highest BCUT2D eigenvalue weighted by atomic mass is 16.5. The van der Waals surface area contributed by atoms with Crippen molar-refractivity contribution in [3.8, 4) is 0 Å². The molecule has 4 nitrogen and oxygen atoms in total. The van der Waals surface area contributed by atoms with E-state index in [4.69, 9.17) is 9.47 Å². The van der Waals surface area contributed by atoms with E-state index in [1.54, 1.807) is 0 Å². The Kier molecular flexibility index (Phi) is 5.42. The lowest BCUT2D eigenvalue weighted by Gasteiger charge is -2.39. The highest BCUT2D eigenvalue weighted by molar-refractivity contribution is 4.79. The van der Waals surface area contributed by atoms with Crippen molar-refractivity contribution >= 4 is 0 Å². The van der Waals surface area contributed by atoms with Crippen LogP contribution in [0.25, 0.3) is 0 Å². The van der Waals surface area contributed by atoms with Crippen LogP contribution in [0.1, 0.15) is 33.6 Å². The highest BCUT2D eigenvalue weighted by Crippen LogP contribution is 2.14. The van der Waals surface area contributed by atoms with E-state index >= 15 is 0 Å². The minimum Gasteiger partial charge on any atom is -0.377 e. The van der Waals surface area contributed by atoms with Gasteiger partial charge in [-0.15, -0.1) is 0 Å². The summed E-state index contributed by atoms with van der Waals surface area (Å²) in [5, 5.41) is 3.55. The molecule has 2 aliphatic rings. The van der Waals surface area contributed by atoms with Gasteiger partial charge in [0.1, 0.15) is 0 Å². The Balaban J connectivity index is 1.65. The molecule has 0 aromatic rings. The summed E-state index contributed by atoms with van der Waals surface area (Å²) in [6, 6.07) is 0.570. The zero-order valence-electron chi connectivity index (χ0n) is 12.0. The van der Waals surface area contributed by atoms with Crippen LogP contribution in [-0.4, -0.2) is 62.0 Å². The minimum absolute atomic E-state index is 0.356. The Morgan fingerprint density at radius 2 is 2.00 bits per heavy atom. The molecule has 0 amide bonds. The zero-order chi connectivity index (χ0) is 13.0. The van der Waals surface area contributed by atoms with Crippen molar-refractivity contribution in [2.45, 2.75) is 58.0 Å². The van der Waals surface area contributed by atoms with Crippen LogP contribution >= 0.6 is 0 Å². The number of ether oxygens (including phenoxy) is 2. The van der Waals surface area contributed by atoms with Crippen LogP contribution in [0.5, 0.6) is 0 Å². The first-order valence-electron chi connectivity index (χ1n) is 7.37. The minimum atomic E-state index is 0.356. The van der Waals surface area contributed by atoms with E-state index in [2.05, 4.69) is 31.0 Å². The number of nitrogens with zero attached hydrogens (tertiary/aromatic N) is 1. The Labute approximate surface area is 111 Å². The van der Waals surface area contributed by atoms with Gasteiger partial charge in [0.2, 0.25) is 0 Å². The quantitative estimate of drug-likeness (QED) is 0.803. The summed E-state index contributed by atoms with van der Waals surface area (Å²) in [5.74, 6) is 0. The van der Waals surface area contributed by atoms with Gasteiger partial charge < -0.3 is 14.8 Å². The molecule has 2 heterocycles. The van der Waals surface area contributed by atoms with Gasteiger partial charge in [-0.2, -0.15) is 0 Å². The summed E-state index contributed by atoms with van der Waals surface area (Å²) in [6.07, 6.45) is 3.59. The van der Waals surface area contributed by atoms with Gasteiger partial charge in [-0.1, -0.05) is 0 Å². The predicted octanol–water partition coefficient (Wildman–Crippen LogP) is 1.25. The number of rotatable bonds is 5. The third kappa shape index (κ3) is 4.19. The smallest absolute Gasteiger partial charge is 0.0700 e. The summed E-state index contributed by atoms with van der Waals surface area (Å²) in [7, 11) is 0. The first-order valence-corrected chi connectivity index (χ1v) is 7.37. The van der Waals surface area contributed by atoms with Crippen LogP contribution in [-0.2, 0) is 9.47 Å². The summed E-state index contributed by atoms with van der Waals surface area (Å²) in [4.78, 5) is 2.53. The molecule has 2 saturated heterocycles. The van der Waals surface area contributed by atoms with E-state index in [0.717, 1.165) is 32.8 Å². The van der Waals surface area contributed by atoms with E-state index in [-0.39, 0.29) is 0 Å².